The van der Waals surface area contributed by atoms with Gasteiger partial charge < -0.3 is 15.7 Å². The van der Waals surface area contributed by atoms with Gasteiger partial charge in [-0.2, -0.15) is 0 Å². The third kappa shape index (κ3) is 5.77. The molecular formula is C22H28FN3O4. The van der Waals surface area contributed by atoms with Gasteiger partial charge in [0.15, 0.2) is 0 Å². The third-order valence-corrected chi connectivity index (χ3v) is 4.52. The van der Waals surface area contributed by atoms with Crippen LogP contribution >= 0.6 is 0 Å². The van der Waals surface area contributed by atoms with Gasteiger partial charge in [0.05, 0.1) is 30.2 Å². The van der Waals surface area contributed by atoms with Crippen molar-refractivity contribution in [3.63, 3.8) is 0 Å². The summed E-state index contributed by atoms with van der Waals surface area (Å²) in [4.78, 5) is 30.1. The highest BCUT2D eigenvalue weighted by Crippen LogP contribution is 2.28. The Bertz CT molecular complexity index is 902. The highest BCUT2D eigenvalue weighted by Gasteiger charge is 2.20. The number of hydrogen-bond acceptors (Lipinski definition) is 5. The summed E-state index contributed by atoms with van der Waals surface area (Å²) in [5.41, 5.74) is 4.81. The smallest absolute Gasteiger partial charge is 0.276 e. The highest BCUT2D eigenvalue weighted by molar-refractivity contribution is 6.04. The second-order valence-corrected chi connectivity index (χ2v) is 6.56. The molecule has 2 aromatic rings. The summed E-state index contributed by atoms with van der Waals surface area (Å²) in [6.07, 6.45) is 1.21. The minimum atomic E-state index is -0.575. The van der Waals surface area contributed by atoms with Gasteiger partial charge in [-0.1, -0.05) is 19.9 Å². The molecule has 0 aliphatic heterocycles. The Hall–Kier alpha value is -2.97. The molecule has 0 unspecified atom stereocenters. The lowest BCUT2D eigenvalue weighted by Gasteiger charge is -2.17. The van der Waals surface area contributed by atoms with E-state index in [0.29, 0.717) is 30.5 Å². The minimum Gasteiger partial charge on any atom is -0.394 e. The summed E-state index contributed by atoms with van der Waals surface area (Å²) in [5.74, 6) is -1.31. The summed E-state index contributed by atoms with van der Waals surface area (Å²) in [6.45, 7) is 5.75. The number of halogens is 1. The number of amides is 2. The zero-order valence-corrected chi connectivity index (χ0v) is 17.5. The molecule has 8 heteroatoms. The number of benzene rings is 2. The monoisotopic (exact) mass is 417 g/mol. The van der Waals surface area contributed by atoms with E-state index in [2.05, 4.69) is 16.1 Å². The first kappa shape index (κ1) is 23.3. The van der Waals surface area contributed by atoms with Crippen molar-refractivity contribution < 1.29 is 23.9 Å². The maximum absolute atomic E-state index is 14.5. The number of aryl methyl sites for hydroxylation is 2. The standard InChI is InChI=1S/C22H28FN3O4/c1-4-14-7-8-19(18(23)11-14)25-20-13-16(21(28)24-6-3)15(5-2)12-17(20)22(29)26-30-10-9-27/h7-8,11-13,25,27H,4-6,9-10H2,1-3H3,(H,24,28)(H,26,29). The van der Waals surface area contributed by atoms with Crippen molar-refractivity contribution in [2.75, 3.05) is 25.1 Å². The molecule has 0 saturated carbocycles. The van der Waals surface area contributed by atoms with Crippen molar-refractivity contribution in [1.29, 1.82) is 0 Å². The second-order valence-electron chi connectivity index (χ2n) is 6.56. The Morgan fingerprint density at radius 1 is 1.00 bits per heavy atom. The first-order chi connectivity index (χ1) is 14.4. The summed E-state index contributed by atoms with van der Waals surface area (Å²) >= 11 is 0. The van der Waals surface area contributed by atoms with Gasteiger partial charge in [0.2, 0.25) is 0 Å². The lowest BCUT2D eigenvalue weighted by molar-refractivity contribution is 0.0169. The Labute approximate surface area is 175 Å². The fraction of sp³-hybridized carbons (Fsp3) is 0.364. The summed E-state index contributed by atoms with van der Waals surface area (Å²) < 4.78 is 14.5. The van der Waals surface area contributed by atoms with E-state index in [4.69, 9.17) is 9.94 Å². The average Bonchev–Trinajstić information content (AvgIpc) is 2.74. The molecule has 0 fully saturated rings. The number of aliphatic hydroxyl groups excluding tert-OH is 1. The number of carbonyl (C=O) groups excluding carboxylic acids is 2. The lowest BCUT2D eigenvalue weighted by Crippen LogP contribution is -2.27. The zero-order chi connectivity index (χ0) is 22.1. The van der Waals surface area contributed by atoms with E-state index in [1.54, 1.807) is 18.2 Å². The molecule has 7 nitrogen and oxygen atoms in total. The molecule has 2 amide bonds. The Kier molecular flexibility index (Phi) is 8.76. The third-order valence-electron chi connectivity index (χ3n) is 4.52. The number of aliphatic hydroxyl groups is 1. The van der Waals surface area contributed by atoms with Gasteiger partial charge in [-0.3, -0.25) is 14.4 Å². The highest BCUT2D eigenvalue weighted by atomic mass is 19.1. The molecule has 2 aromatic carbocycles. The van der Waals surface area contributed by atoms with Gasteiger partial charge in [0.25, 0.3) is 11.8 Å². The van der Waals surface area contributed by atoms with Crippen LogP contribution in [0.3, 0.4) is 0 Å². The van der Waals surface area contributed by atoms with Gasteiger partial charge in [0, 0.05) is 12.1 Å². The largest absolute Gasteiger partial charge is 0.394 e. The number of hydroxylamine groups is 1. The number of hydrogen-bond donors (Lipinski definition) is 4. The number of nitrogens with one attached hydrogen (secondary N) is 3. The molecular weight excluding hydrogens is 389 g/mol. The van der Waals surface area contributed by atoms with Crippen LogP contribution in [0.15, 0.2) is 30.3 Å². The summed E-state index contributed by atoms with van der Waals surface area (Å²) in [7, 11) is 0. The van der Waals surface area contributed by atoms with Crippen LogP contribution in [0, 0.1) is 5.82 Å². The van der Waals surface area contributed by atoms with Crippen LogP contribution in [-0.4, -0.2) is 36.7 Å². The van der Waals surface area contributed by atoms with Crippen LogP contribution in [-0.2, 0) is 17.7 Å². The van der Waals surface area contributed by atoms with E-state index in [0.717, 1.165) is 5.56 Å². The van der Waals surface area contributed by atoms with Gasteiger partial charge >= 0.3 is 0 Å². The molecule has 0 radical (unpaired) electrons. The predicted molar refractivity (Wildman–Crippen MR) is 113 cm³/mol. The van der Waals surface area contributed by atoms with Gasteiger partial charge in [-0.25, -0.2) is 9.87 Å². The average molecular weight is 417 g/mol. The summed E-state index contributed by atoms with van der Waals surface area (Å²) in [5, 5.41) is 14.5. The van der Waals surface area contributed by atoms with Crippen LogP contribution in [0.1, 0.15) is 52.6 Å². The van der Waals surface area contributed by atoms with Crippen LogP contribution in [0.25, 0.3) is 0 Å². The van der Waals surface area contributed by atoms with Gasteiger partial charge in [-0.15, -0.1) is 0 Å². The van der Waals surface area contributed by atoms with Gasteiger partial charge in [-0.05, 0) is 55.2 Å². The molecule has 2 rings (SSSR count). The normalized spacial score (nSPS) is 10.6. The van der Waals surface area contributed by atoms with E-state index in [1.807, 2.05) is 20.8 Å². The fourth-order valence-corrected chi connectivity index (χ4v) is 2.94. The Morgan fingerprint density at radius 2 is 1.77 bits per heavy atom. The SMILES string of the molecule is CCNC(=O)c1cc(Nc2ccc(CC)cc2F)c(C(=O)NOCCO)cc1CC. The number of anilines is 2. The molecule has 0 aliphatic carbocycles. The van der Waals surface area contributed by atoms with Crippen molar-refractivity contribution in [1.82, 2.24) is 10.8 Å². The van der Waals surface area contributed by atoms with Crippen LogP contribution in [0.2, 0.25) is 0 Å². The first-order valence-corrected chi connectivity index (χ1v) is 9.98. The molecule has 0 spiro atoms. The van der Waals surface area contributed by atoms with Crippen LogP contribution in [0.5, 0.6) is 0 Å². The Morgan fingerprint density at radius 3 is 2.37 bits per heavy atom. The zero-order valence-electron chi connectivity index (χ0n) is 17.5. The van der Waals surface area contributed by atoms with E-state index in [1.165, 1.54) is 12.1 Å². The molecule has 4 N–H and O–H groups in total. The molecule has 0 saturated heterocycles. The topological polar surface area (TPSA) is 99.7 Å². The molecule has 162 valence electrons. The van der Waals surface area contributed by atoms with Crippen molar-refractivity contribution in [3.8, 4) is 0 Å². The fourth-order valence-electron chi connectivity index (χ4n) is 2.94. The summed E-state index contributed by atoms with van der Waals surface area (Å²) in [6, 6.07) is 7.94. The van der Waals surface area contributed by atoms with E-state index in [-0.39, 0.29) is 36.1 Å². The van der Waals surface area contributed by atoms with E-state index in [9.17, 15) is 14.0 Å². The molecule has 0 aromatic heterocycles. The van der Waals surface area contributed by atoms with E-state index >= 15 is 0 Å². The molecule has 0 atom stereocenters. The van der Waals surface area contributed by atoms with Crippen LogP contribution in [0.4, 0.5) is 15.8 Å². The predicted octanol–water partition coefficient (Wildman–Crippen LogP) is 3.10. The molecule has 0 bridgehead atoms. The maximum atomic E-state index is 14.5. The number of rotatable bonds is 10. The van der Waals surface area contributed by atoms with Crippen molar-refractivity contribution in [3.05, 3.63) is 58.4 Å². The molecule has 0 aliphatic rings. The second kappa shape index (κ2) is 11.3. The first-order valence-electron chi connectivity index (χ1n) is 9.98. The number of carbonyl (C=O) groups is 2. The Balaban J connectivity index is 2.50. The minimum absolute atomic E-state index is 0.0702. The van der Waals surface area contributed by atoms with Crippen molar-refractivity contribution in [2.45, 2.75) is 33.6 Å². The molecule has 30 heavy (non-hydrogen) atoms. The molecule has 0 heterocycles. The quantitative estimate of drug-likeness (QED) is 0.352. The van der Waals surface area contributed by atoms with Crippen LogP contribution < -0.4 is 16.1 Å². The maximum Gasteiger partial charge on any atom is 0.276 e. The van der Waals surface area contributed by atoms with Crippen molar-refractivity contribution >= 4 is 23.2 Å². The van der Waals surface area contributed by atoms with E-state index < -0.39 is 11.7 Å². The lowest BCUT2D eigenvalue weighted by atomic mass is 9.98. The van der Waals surface area contributed by atoms with Crippen molar-refractivity contribution in [2.24, 2.45) is 0 Å². The van der Waals surface area contributed by atoms with Gasteiger partial charge in [0.1, 0.15) is 5.82 Å².